The van der Waals surface area contributed by atoms with Crippen LogP contribution in [-0.2, 0) is 4.57 Å². The van der Waals surface area contributed by atoms with Crippen LogP contribution in [0.2, 0.25) is 0 Å². The van der Waals surface area contributed by atoms with Crippen LogP contribution in [0.5, 0.6) is 23.0 Å². The molecule has 0 unspecified atom stereocenters. The lowest BCUT2D eigenvalue weighted by Crippen LogP contribution is -1.99. The van der Waals surface area contributed by atoms with Crippen LogP contribution in [0, 0.1) is 6.92 Å². The summed E-state index contributed by atoms with van der Waals surface area (Å²) in [6.45, 7) is 1.73. The van der Waals surface area contributed by atoms with Crippen molar-refractivity contribution in [2.45, 2.75) is 6.92 Å². The molecule has 3 N–H and O–H groups in total. The van der Waals surface area contributed by atoms with Gasteiger partial charge in [0.1, 0.15) is 23.0 Å². The van der Waals surface area contributed by atoms with E-state index in [0.29, 0.717) is 5.56 Å². The van der Waals surface area contributed by atoms with E-state index in [4.69, 9.17) is 19.3 Å². The largest absolute Gasteiger partial charge is 0.584 e. The third kappa shape index (κ3) is 6.51. The molecule has 0 heterocycles. The van der Waals surface area contributed by atoms with Gasteiger partial charge in [0.15, 0.2) is 0 Å². The molecule has 0 radical (unpaired) electrons. The average Bonchev–Trinajstić information content (AvgIpc) is 2.60. The van der Waals surface area contributed by atoms with E-state index < -0.39 is 7.82 Å². The van der Waals surface area contributed by atoms with Crippen molar-refractivity contribution in [3.05, 3.63) is 84.4 Å². The third-order valence-corrected chi connectivity index (χ3v) is 3.99. The van der Waals surface area contributed by atoms with E-state index in [1.807, 2.05) is 0 Å². The second-order valence-corrected chi connectivity index (χ2v) is 6.55. The highest BCUT2D eigenvalue weighted by Gasteiger charge is 2.24. The molecule has 0 bridgehead atoms. The highest BCUT2D eigenvalue weighted by molar-refractivity contribution is 7.48. The number of phenols is 2. The first-order valence-corrected chi connectivity index (χ1v) is 9.16. The molecule has 6 nitrogen and oxygen atoms in total. The number of para-hydroxylation sites is 2. The zero-order chi connectivity index (χ0) is 19.0. The Balaban J connectivity index is 0.000000228. The maximum absolute atomic E-state index is 11.7. The molecule has 7 heteroatoms. The molecule has 0 saturated carbocycles. The predicted octanol–water partition coefficient (Wildman–Crippen LogP) is 4.65. The summed E-state index contributed by atoms with van der Waals surface area (Å²) in [6.07, 6.45) is 0. The number of hydrogen-bond acceptors (Lipinski definition) is 5. The number of phenolic OH excluding ortho intramolecular Hbond substituents is 2. The summed E-state index contributed by atoms with van der Waals surface area (Å²) in [4.78, 5) is 9.53. The molecule has 26 heavy (non-hydrogen) atoms. The number of rotatable bonds is 4. The van der Waals surface area contributed by atoms with Gasteiger partial charge in [-0.1, -0.05) is 36.4 Å². The van der Waals surface area contributed by atoms with Crippen molar-refractivity contribution in [3.63, 3.8) is 0 Å². The molecule has 3 aromatic carbocycles. The van der Waals surface area contributed by atoms with E-state index in [2.05, 4.69) is 0 Å². The molecule has 3 aromatic rings. The summed E-state index contributed by atoms with van der Waals surface area (Å²) < 4.78 is 21.5. The molecule has 0 aromatic heterocycles. The topological polar surface area (TPSA) is 96.2 Å². The van der Waals surface area contributed by atoms with Crippen molar-refractivity contribution in [2.75, 3.05) is 0 Å². The van der Waals surface area contributed by atoms with Gasteiger partial charge in [-0.2, -0.15) is 0 Å². The lowest BCUT2D eigenvalue weighted by molar-refractivity contribution is 0.291. The fourth-order valence-electron chi connectivity index (χ4n) is 1.89. The monoisotopic (exact) mass is 374 g/mol. The average molecular weight is 374 g/mol. The van der Waals surface area contributed by atoms with E-state index in [9.17, 15) is 9.46 Å². The Labute approximate surface area is 151 Å². The van der Waals surface area contributed by atoms with Gasteiger partial charge >= 0.3 is 7.82 Å². The van der Waals surface area contributed by atoms with Gasteiger partial charge in [0.25, 0.3) is 0 Å². The molecule has 0 amide bonds. The Hall–Kier alpha value is -2.95. The fraction of sp³-hybridized carbons (Fsp3) is 0.0526. The molecule has 136 valence electrons. The summed E-state index contributed by atoms with van der Waals surface area (Å²) in [6, 6.07) is 21.1. The first kappa shape index (κ1) is 19.4. The molecule has 3 rings (SSSR count). The Kier molecular flexibility index (Phi) is 6.67. The van der Waals surface area contributed by atoms with E-state index >= 15 is 0 Å². The lowest BCUT2D eigenvalue weighted by Gasteiger charge is -2.13. The third-order valence-electron chi connectivity index (χ3n) is 3.11. The van der Waals surface area contributed by atoms with E-state index in [0.717, 1.165) is 0 Å². The molecular formula is C19H19O6P. The molecular weight excluding hydrogens is 355 g/mol. The molecule has 0 aliphatic carbocycles. The second kappa shape index (κ2) is 8.94. The number of hydrogen-bond donors (Lipinski definition) is 3. The predicted molar refractivity (Wildman–Crippen MR) is 98.5 cm³/mol. The van der Waals surface area contributed by atoms with Crippen LogP contribution >= 0.6 is 7.82 Å². The zero-order valence-electron chi connectivity index (χ0n) is 14.0. The molecule has 0 spiro atoms. The normalized spacial score (nSPS) is 10.4. The smallest absolute Gasteiger partial charge is 0.508 e. The molecule has 0 aliphatic rings. The second-order valence-electron chi connectivity index (χ2n) is 5.25. The van der Waals surface area contributed by atoms with Crippen LogP contribution in [0.15, 0.2) is 78.9 Å². The van der Waals surface area contributed by atoms with Gasteiger partial charge in [-0.05, 0) is 55.0 Å². The van der Waals surface area contributed by atoms with Gasteiger partial charge in [-0.25, -0.2) is 4.57 Å². The summed E-state index contributed by atoms with van der Waals surface area (Å²) in [7, 11) is -4.14. The first-order chi connectivity index (χ1) is 12.4. The number of phosphoric ester groups is 1. The highest BCUT2D eigenvalue weighted by atomic mass is 31.2. The summed E-state index contributed by atoms with van der Waals surface area (Å²) in [5.74, 6) is 0.974. The summed E-state index contributed by atoms with van der Waals surface area (Å²) in [5, 5.41) is 17.8. The van der Waals surface area contributed by atoms with Crippen LogP contribution in [0.4, 0.5) is 0 Å². The zero-order valence-corrected chi connectivity index (χ0v) is 14.9. The standard InChI is InChI=1S/C12H11O4P.C7H8O2/c13-17(14,15-11-7-3-1-4-8-11)16-12-9-5-2-6-10-12;1-5-4-6(8)2-3-7(5)9/h1-10H,(H,13,14);2-4,8-9H,1H3. The number of benzene rings is 3. The van der Waals surface area contributed by atoms with Crippen molar-refractivity contribution in [1.82, 2.24) is 0 Å². The maximum Gasteiger partial charge on any atom is 0.584 e. The van der Waals surface area contributed by atoms with Crippen molar-refractivity contribution >= 4 is 7.82 Å². The van der Waals surface area contributed by atoms with Crippen LogP contribution < -0.4 is 9.05 Å². The minimum atomic E-state index is -4.14. The Morgan fingerprint density at radius 2 is 1.23 bits per heavy atom. The van der Waals surface area contributed by atoms with E-state index in [1.165, 1.54) is 18.2 Å². The molecule has 0 atom stereocenters. The van der Waals surface area contributed by atoms with Gasteiger partial charge in [0.2, 0.25) is 0 Å². The van der Waals surface area contributed by atoms with Gasteiger partial charge in [-0.15, -0.1) is 0 Å². The number of aryl methyl sites for hydroxylation is 1. The van der Waals surface area contributed by atoms with Crippen LogP contribution in [0.1, 0.15) is 5.56 Å². The lowest BCUT2D eigenvalue weighted by atomic mass is 10.2. The van der Waals surface area contributed by atoms with Gasteiger partial charge in [0.05, 0.1) is 0 Å². The minimum absolute atomic E-state index is 0.185. The van der Waals surface area contributed by atoms with Crippen molar-refractivity contribution in [1.29, 1.82) is 0 Å². The van der Waals surface area contributed by atoms with Crippen LogP contribution in [0.25, 0.3) is 0 Å². The van der Waals surface area contributed by atoms with Crippen molar-refractivity contribution in [2.24, 2.45) is 0 Å². The molecule has 0 saturated heterocycles. The van der Waals surface area contributed by atoms with Crippen LogP contribution in [-0.4, -0.2) is 15.1 Å². The number of aromatic hydroxyl groups is 2. The van der Waals surface area contributed by atoms with Crippen LogP contribution in [0.3, 0.4) is 0 Å². The molecule has 0 aliphatic heterocycles. The summed E-state index contributed by atoms with van der Waals surface area (Å²) in [5.41, 5.74) is 0.690. The first-order valence-electron chi connectivity index (χ1n) is 7.66. The SMILES string of the molecule is Cc1cc(O)ccc1O.O=P(O)(Oc1ccccc1)Oc1ccccc1. The Morgan fingerprint density at radius 1 is 0.769 bits per heavy atom. The van der Waals surface area contributed by atoms with Crippen molar-refractivity contribution < 1.29 is 28.7 Å². The van der Waals surface area contributed by atoms with E-state index in [1.54, 1.807) is 67.6 Å². The van der Waals surface area contributed by atoms with Gasteiger partial charge < -0.3 is 19.3 Å². The Morgan fingerprint density at radius 3 is 1.62 bits per heavy atom. The highest BCUT2D eigenvalue weighted by Crippen LogP contribution is 2.44. The molecule has 0 fully saturated rings. The van der Waals surface area contributed by atoms with E-state index in [-0.39, 0.29) is 23.0 Å². The summed E-state index contributed by atoms with van der Waals surface area (Å²) >= 11 is 0. The Bertz CT molecular complexity index is 822. The van der Waals surface area contributed by atoms with Crippen molar-refractivity contribution in [3.8, 4) is 23.0 Å². The number of phosphoric acid groups is 1. The van der Waals surface area contributed by atoms with Gasteiger partial charge in [0, 0.05) is 0 Å². The van der Waals surface area contributed by atoms with Gasteiger partial charge in [-0.3, -0.25) is 4.89 Å². The fourth-order valence-corrected chi connectivity index (χ4v) is 2.70. The minimum Gasteiger partial charge on any atom is -0.508 e. The maximum atomic E-state index is 11.7. The quantitative estimate of drug-likeness (QED) is 0.454.